The van der Waals surface area contributed by atoms with Crippen molar-refractivity contribution in [2.45, 2.75) is 44.7 Å². The van der Waals surface area contributed by atoms with Gasteiger partial charge in [-0.3, -0.25) is 0 Å². The first-order valence-electron chi connectivity index (χ1n) is 10.9. The summed E-state index contributed by atoms with van der Waals surface area (Å²) < 4.78 is 0. The Morgan fingerprint density at radius 3 is 2.68 bits per heavy atom. The van der Waals surface area contributed by atoms with Crippen molar-refractivity contribution in [3.63, 3.8) is 0 Å². The molecule has 0 spiro atoms. The minimum Gasteiger partial charge on any atom is -0.368 e. The third kappa shape index (κ3) is 4.07. The molecule has 1 heterocycles. The molecule has 4 saturated carbocycles. The highest BCUT2D eigenvalue weighted by atomic mass is 35.5. The van der Waals surface area contributed by atoms with Crippen LogP contribution in [0.15, 0.2) is 24.4 Å². The molecular formula is C23H26Cl2N6. The van der Waals surface area contributed by atoms with Gasteiger partial charge in [0.1, 0.15) is 17.5 Å². The predicted molar refractivity (Wildman–Crippen MR) is 123 cm³/mol. The molecule has 0 amide bonds. The summed E-state index contributed by atoms with van der Waals surface area (Å²) in [6, 6.07) is 7.91. The van der Waals surface area contributed by atoms with E-state index in [0.29, 0.717) is 51.8 Å². The molecule has 4 aliphatic carbocycles. The SMILES string of the molecule is N#Cc1cnc(NCc2cc(Cl)ccc2Cl)nc1NC[C@]12CC3C[C@H](C1)[C@@H](N)[C@@H](C3)C2. The van der Waals surface area contributed by atoms with E-state index in [-0.39, 0.29) is 5.41 Å². The molecule has 2 aromatic rings. The number of benzene rings is 1. The summed E-state index contributed by atoms with van der Waals surface area (Å²) in [5.74, 6) is 3.13. The first kappa shape index (κ1) is 20.8. The van der Waals surface area contributed by atoms with Crippen LogP contribution in [-0.4, -0.2) is 22.6 Å². The highest BCUT2D eigenvalue weighted by Crippen LogP contribution is 2.59. The van der Waals surface area contributed by atoms with Gasteiger partial charge in [-0.05, 0) is 79.0 Å². The minimum absolute atomic E-state index is 0.270. The van der Waals surface area contributed by atoms with Gasteiger partial charge in [-0.25, -0.2) is 4.98 Å². The van der Waals surface area contributed by atoms with E-state index in [9.17, 15) is 5.26 Å². The average molecular weight is 457 g/mol. The molecule has 1 aromatic heterocycles. The van der Waals surface area contributed by atoms with Crippen molar-refractivity contribution >= 4 is 35.0 Å². The summed E-state index contributed by atoms with van der Waals surface area (Å²) in [6.45, 7) is 1.27. The van der Waals surface area contributed by atoms with Gasteiger partial charge in [-0.1, -0.05) is 23.2 Å². The fourth-order valence-electron chi connectivity index (χ4n) is 6.26. The normalized spacial score (nSPS) is 30.8. The van der Waals surface area contributed by atoms with Crippen LogP contribution in [0.4, 0.5) is 11.8 Å². The Bertz CT molecular complexity index is 1020. The van der Waals surface area contributed by atoms with E-state index in [2.05, 4.69) is 26.7 Å². The van der Waals surface area contributed by atoms with Crippen molar-refractivity contribution in [3.8, 4) is 6.07 Å². The summed E-state index contributed by atoms with van der Waals surface area (Å²) in [6.07, 6.45) is 7.75. The smallest absolute Gasteiger partial charge is 0.224 e. The van der Waals surface area contributed by atoms with E-state index < -0.39 is 0 Å². The van der Waals surface area contributed by atoms with Gasteiger partial charge in [0.05, 0.1) is 6.20 Å². The summed E-state index contributed by atoms with van der Waals surface area (Å²) in [5, 5.41) is 17.5. The largest absolute Gasteiger partial charge is 0.368 e. The van der Waals surface area contributed by atoms with Crippen LogP contribution in [0.3, 0.4) is 0 Å². The number of hydrogen-bond acceptors (Lipinski definition) is 6. The number of nitrogens with two attached hydrogens (primary N) is 1. The van der Waals surface area contributed by atoms with Crippen LogP contribution < -0.4 is 16.4 Å². The quantitative estimate of drug-likeness (QED) is 0.575. The molecule has 4 N–H and O–H groups in total. The van der Waals surface area contributed by atoms with Crippen LogP contribution in [0, 0.1) is 34.5 Å². The second-order valence-electron chi connectivity index (χ2n) is 9.56. The Morgan fingerprint density at radius 2 is 1.94 bits per heavy atom. The van der Waals surface area contributed by atoms with E-state index in [1.807, 2.05) is 6.07 Å². The van der Waals surface area contributed by atoms with Crippen molar-refractivity contribution < 1.29 is 0 Å². The molecule has 5 atom stereocenters. The molecule has 0 aliphatic heterocycles. The average Bonchev–Trinajstić information content (AvgIpc) is 2.76. The zero-order valence-corrected chi connectivity index (χ0v) is 18.8. The highest BCUT2D eigenvalue weighted by Gasteiger charge is 2.54. The van der Waals surface area contributed by atoms with Crippen LogP contribution in [0.2, 0.25) is 10.0 Å². The van der Waals surface area contributed by atoms with Crippen LogP contribution in [-0.2, 0) is 6.54 Å². The van der Waals surface area contributed by atoms with Crippen molar-refractivity contribution in [2.75, 3.05) is 17.2 Å². The molecule has 1 unspecified atom stereocenters. The molecule has 4 fully saturated rings. The van der Waals surface area contributed by atoms with Gasteiger partial charge >= 0.3 is 0 Å². The molecule has 8 heteroatoms. The highest BCUT2D eigenvalue weighted by molar-refractivity contribution is 6.33. The number of anilines is 2. The number of nitriles is 1. The van der Waals surface area contributed by atoms with Gasteiger partial charge in [-0.2, -0.15) is 10.2 Å². The van der Waals surface area contributed by atoms with Crippen LogP contribution in [0.5, 0.6) is 0 Å². The molecule has 0 saturated heterocycles. The number of rotatable bonds is 6. The Morgan fingerprint density at radius 1 is 1.16 bits per heavy atom. The van der Waals surface area contributed by atoms with Crippen LogP contribution in [0.1, 0.15) is 43.2 Å². The van der Waals surface area contributed by atoms with E-state index in [1.54, 1.807) is 18.3 Å². The van der Waals surface area contributed by atoms with Gasteiger partial charge in [-0.15, -0.1) is 0 Å². The Labute approximate surface area is 192 Å². The van der Waals surface area contributed by atoms with E-state index in [0.717, 1.165) is 18.0 Å². The van der Waals surface area contributed by atoms with Crippen molar-refractivity contribution in [2.24, 2.45) is 28.9 Å². The fraction of sp³-hybridized carbons (Fsp3) is 0.522. The van der Waals surface area contributed by atoms with Crippen LogP contribution in [0.25, 0.3) is 0 Å². The predicted octanol–water partition coefficient (Wildman–Crippen LogP) is 4.83. The van der Waals surface area contributed by atoms with Gasteiger partial charge < -0.3 is 16.4 Å². The molecule has 4 bridgehead atoms. The number of nitrogens with zero attached hydrogens (tertiary/aromatic N) is 3. The Balaban J connectivity index is 1.29. The number of nitrogens with one attached hydrogen (secondary N) is 2. The maximum atomic E-state index is 9.54. The summed E-state index contributed by atoms with van der Waals surface area (Å²) >= 11 is 12.3. The zero-order valence-electron chi connectivity index (χ0n) is 17.2. The number of hydrogen-bond donors (Lipinski definition) is 3. The maximum absolute atomic E-state index is 9.54. The summed E-state index contributed by atoms with van der Waals surface area (Å²) in [4.78, 5) is 8.87. The van der Waals surface area contributed by atoms with Gasteiger partial charge in [0.15, 0.2) is 0 Å². The third-order valence-electron chi connectivity index (χ3n) is 7.46. The lowest BCUT2D eigenvalue weighted by molar-refractivity contribution is -0.0591. The molecule has 31 heavy (non-hydrogen) atoms. The van der Waals surface area contributed by atoms with Crippen molar-refractivity contribution in [3.05, 3.63) is 45.6 Å². The number of aromatic nitrogens is 2. The Hall–Kier alpha value is -2.07. The van der Waals surface area contributed by atoms with E-state index >= 15 is 0 Å². The minimum atomic E-state index is 0.270. The molecule has 6 rings (SSSR count). The molecule has 1 aromatic carbocycles. The number of halogens is 2. The zero-order chi connectivity index (χ0) is 21.6. The van der Waals surface area contributed by atoms with E-state index in [1.165, 1.54) is 32.1 Å². The fourth-order valence-corrected chi connectivity index (χ4v) is 6.64. The van der Waals surface area contributed by atoms with Crippen LogP contribution >= 0.6 is 23.2 Å². The molecule has 0 radical (unpaired) electrons. The first-order chi connectivity index (χ1) is 14.9. The lowest BCUT2D eigenvalue weighted by atomic mass is 9.48. The van der Waals surface area contributed by atoms with Crippen molar-refractivity contribution in [1.82, 2.24) is 9.97 Å². The third-order valence-corrected chi connectivity index (χ3v) is 8.06. The first-order valence-corrected chi connectivity index (χ1v) is 11.6. The second-order valence-corrected chi connectivity index (χ2v) is 10.4. The molecule has 6 nitrogen and oxygen atoms in total. The lowest BCUT2D eigenvalue weighted by Gasteiger charge is -2.59. The Kier molecular flexibility index (Phi) is 5.45. The maximum Gasteiger partial charge on any atom is 0.224 e. The molecular weight excluding hydrogens is 431 g/mol. The topological polar surface area (TPSA) is 99.6 Å². The van der Waals surface area contributed by atoms with E-state index in [4.69, 9.17) is 28.9 Å². The van der Waals surface area contributed by atoms with Gasteiger partial charge in [0, 0.05) is 29.2 Å². The standard InChI is InChI=1S/C23H26Cl2N6/c24-18-1-2-19(25)16(5-18)10-28-22-29-11-17(9-26)21(31-22)30-12-23-6-13-3-14(7-23)20(27)15(4-13)8-23/h1-2,5,11,13-15,20H,3-4,6-8,10,12,27H2,(H2,28,29,30,31)/t13?,14-,15+,20-,23-. The van der Waals surface area contributed by atoms with Gasteiger partial charge in [0.2, 0.25) is 5.95 Å². The second kappa shape index (κ2) is 8.12. The molecule has 4 aliphatic rings. The van der Waals surface area contributed by atoms with Gasteiger partial charge in [0.25, 0.3) is 0 Å². The van der Waals surface area contributed by atoms with Crippen molar-refractivity contribution in [1.29, 1.82) is 5.26 Å². The lowest BCUT2D eigenvalue weighted by Crippen LogP contribution is -2.58. The monoisotopic (exact) mass is 456 g/mol. The molecule has 162 valence electrons. The summed E-state index contributed by atoms with van der Waals surface area (Å²) in [7, 11) is 0. The summed E-state index contributed by atoms with van der Waals surface area (Å²) in [5.41, 5.74) is 8.07.